The van der Waals surface area contributed by atoms with E-state index in [1.54, 1.807) is 0 Å². The van der Waals surface area contributed by atoms with E-state index in [0.29, 0.717) is 0 Å². The Morgan fingerprint density at radius 3 is 2.84 bits per heavy atom. The molecule has 1 aliphatic heterocycles. The molecule has 1 saturated heterocycles. The van der Waals surface area contributed by atoms with Crippen LogP contribution in [0.4, 0.5) is 5.82 Å². The molecule has 0 saturated carbocycles. The van der Waals surface area contributed by atoms with Crippen LogP contribution in [-0.4, -0.2) is 48.1 Å². The van der Waals surface area contributed by atoms with Crippen LogP contribution in [0.5, 0.6) is 0 Å². The highest BCUT2D eigenvalue weighted by Gasteiger charge is 2.24. The summed E-state index contributed by atoms with van der Waals surface area (Å²) in [5, 5.41) is 0. The second-order valence-corrected chi connectivity index (χ2v) is 5.57. The highest BCUT2D eigenvalue weighted by molar-refractivity contribution is 5.41. The summed E-state index contributed by atoms with van der Waals surface area (Å²) in [6.07, 6.45) is 2.25. The monoisotopic (exact) mass is 262 g/mol. The second-order valence-electron chi connectivity index (χ2n) is 5.57. The maximum absolute atomic E-state index is 4.60. The van der Waals surface area contributed by atoms with Gasteiger partial charge in [-0.05, 0) is 39.3 Å². The topological polar surface area (TPSA) is 32.3 Å². The molecule has 1 aromatic rings. The highest BCUT2D eigenvalue weighted by atomic mass is 15.2. The van der Waals surface area contributed by atoms with Crippen molar-refractivity contribution in [3.05, 3.63) is 17.6 Å². The molecular formula is C15H26N4. The molecule has 4 heteroatoms. The van der Waals surface area contributed by atoms with E-state index in [0.717, 1.165) is 49.3 Å². The van der Waals surface area contributed by atoms with Gasteiger partial charge in [0.1, 0.15) is 11.6 Å². The SMILES string of the molecule is CCc1cc(N2CCC(CN(C)CC)C2)nc(C)n1. The van der Waals surface area contributed by atoms with Crippen LogP contribution in [0.2, 0.25) is 0 Å². The Labute approximate surface area is 116 Å². The maximum atomic E-state index is 4.60. The van der Waals surface area contributed by atoms with E-state index in [4.69, 9.17) is 0 Å². The largest absolute Gasteiger partial charge is 0.356 e. The lowest BCUT2D eigenvalue weighted by atomic mass is 10.1. The van der Waals surface area contributed by atoms with Crippen molar-refractivity contribution in [1.82, 2.24) is 14.9 Å². The molecule has 0 radical (unpaired) electrons. The van der Waals surface area contributed by atoms with Crippen molar-refractivity contribution >= 4 is 5.82 Å². The fourth-order valence-corrected chi connectivity index (χ4v) is 2.71. The van der Waals surface area contributed by atoms with Crippen LogP contribution < -0.4 is 4.90 Å². The van der Waals surface area contributed by atoms with Gasteiger partial charge in [0, 0.05) is 31.4 Å². The molecule has 0 spiro atoms. The zero-order chi connectivity index (χ0) is 13.8. The van der Waals surface area contributed by atoms with Gasteiger partial charge in [0.15, 0.2) is 0 Å². The number of aryl methyl sites for hydroxylation is 2. The van der Waals surface area contributed by atoms with Gasteiger partial charge in [0.25, 0.3) is 0 Å². The van der Waals surface area contributed by atoms with Crippen LogP contribution in [0.15, 0.2) is 6.07 Å². The minimum absolute atomic E-state index is 0.769. The summed E-state index contributed by atoms with van der Waals surface area (Å²) in [6.45, 7) is 10.9. The first-order valence-corrected chi connectivity index (χ1v) is 7.40. The summed E-state index contributed by atoms with van der Waals surface area (Å²) in [4.78, 5) is 13.9. The van der Waals surface area contributed by atoms with Crippen LogP contribution in [0.3, 0.4) is 0 Å². The predicted molar refractivity (Wildman–Crippen MR) is 79.6 cm³/mol. The number of nitrogens with zero attached hydrogens (tertiary/aromatic N) is 4. The third-order valence-corrected chi connectivity index (χ3v) is 3.96. The Hall–Kier alpha value is -1.16. The molecule has 4 nitrogen and oxygen atoms in total. The number of hydrogen-bond donors (Lipinski definition) is 0. The minimum Gasteiger partial charge on any atom is -0.356 e. The molecule has 1 fully saturated rings. The zero-order valence-electron chi connectivity index (χ0n) is 12.7. The molecule has 1 atom stereocenters. The van der Waals surface area contributed by atoms with Gasteiger partial charge in [-0.25, -0.2) is 9.97 Å². The Kier molecular flexibility index (Phi) is 4.75. The molecule has 2 rings (SSSR count). The van der Waals surface area contributed by atoms with Crippen molar-refractivity contribution in [3.8, 4) is 0 Å². The van der Waals surface area contributed by atoms with Gasteiger partial charge in [-0.2, -0.15) is 0 Å². The molecule has 0 aliphatic carbocycles. The van der Waals surface area contributed by atoms with Crippen molar-refractivity contribution in [1.29, 1.82) is 0 Å². The first kappa shape index (κ1) is 14.3. The summed E-state index contributed by atoms with van der Waals surface area (Å²) in [7, 11) is 2.20. The normalized spacial score (nSPS) is 19.4. The molecule has 1 aromatic heterocycles. The standard InChI is InChI=1S/C15H26N4/c1-5-14-9-15(17-12(3)16-14)19-8-7-13(11-19)10-18(4)6-2/h9,13H,5-8,10-11H2,1-4H3. The summed E-state index contributed by atoms with van der Waals surface area (Å²) >= 11 is 0. The molecule has 19 heavy (non-hydrogen) atoms. The van der Waals surface area contributed by atoms with E-state index in [2.05, 4.69) is 46.7 Å². The third-order valence-electron chi connectivity index (χ3n) is 3.96. The quantitative estimate of drug-likeness (QED) is 0.813. The van der Waals surface area contributed by atoms with Crippen molar-refractivity contribution in [2.24, 2.45) is 5.92 Å². The number of rotatable bonds is 5. The minimum atomic E-state index is 0.769. The summed E-state index contributed by atoms with van der Waals surface area (Å²) in [6, 6.07) is 2.15. The van der Waals surface area contributed by atoms with Crippen LogP contribution in [0.1, 0.15) is 31.8 Å². The molecular weight excluding hydrogens is 236 g/mol. The van der Waals surface area contributed by atoms with Gasteiger partial charge in [0.2, 0.25) is 0 Å². The van der Waals surface area contributed by atoms with Crippen LogP contribution in [-0.2, 0) is 6.42 Å². The van der Waals surface area contributed by atoms with Crippen molar-refractivity contribution < 1.29 is 0 Å². The molecule has 2 heterocycles. The van der Waals surface area contributed by atoms with Crippen molar-refractivity contribution in [2.45, 2.75) is 33.6 Å². The molecule has 106 valence electrons. The second kappa shape index (κ2) is 6.33. The Bertz CT molecular complexity index is 419. The summed E-state index contributed by atoms with van der Waals surface area (Å²) in [5.74, 6) is 2.78. The lowest BCUT2D eigenvalue weighted by Gasteiger charge is -2.21. The fraction of sp³-hybridized carbons (Fsp3) is 0.733. The third kappa shape index (κ3) is 3.66. The molecule has 1 aliphatic rings. The predicted octanol–water partition coefficient (Wildman–Crippen LogP) is 2.13. The number of aromatic nitrogens is 2. The summed E-state index contributed by atoms with van der Waals surface area (Å²) < 4.78 is 0. The van der Waals surface area contributed by atoms with Gasteiger partial charge in [-0.1, -0.05) is 13.8 Å². The maximum Gasteiger partial charge on any atom is 0.132 e. The highest BCUT2D eigenvalue weighted by Crippen LogP contribution is 2.23. The lowest BCUT2D eigenvalue weighted by Crippen LogP contribution is -2.28. The molecule has 1 unspecified atom stereocenters. The Morgan fingerprint density at radius 1 is 1.37 bits per heavy atom. The van der Waals surface area contributed by atoms with Crippen LogP contribution >= 0.6 is 0 Å². The average Bonchev–Trinajstić information content (AvgIpc) is 2.86. The molecule has 0 amide bonds. The van der Waals surface area contributed by atoms with Gasteiger partial charge in [-0.15, -0.1) is 0 Å². The fourth-order valence-electron chi connectivity index (χ4n) is 2.71. The van der Waals surface area contributed by atoms with E-state index >= 15 is 0 Å². The number of hydrogen-bond acceptors (Lipinski definition) is 4. The Balaban J connectivity index is 2.02. The Morgan fingerprint density at radius 2 is 2.16 bits per heavy atom. The van der Waals surface area contributed by atoms with Gasteiger partial charge >= 0.3 is 0 Å². The molecule has 0 aromatic carbocycles. The first-order valence-electron chi connectivity index (χ1n) is 7.40. The smallest absolute Gasteiger partial charge is 0.132 e. The lowest BCUT2D eigenvalue weighted by molar-refractivity contribution is 0.300. The molecule has 0 bridgehead atoms. The van der Waals surface area contributed by atoms with Crippen molar-refractivity contribution in [2.75, 3.05) is 38.1 Å². The van der Waals surface area contributed by atoms with E-state index < -0.39 is 0 Å². The number of anilines is 1. The van der Waals surface area contributed by atoms with Gasteiger partial charge < -0.3 is 9.80 Å². The van der Waals surface area contributed by atoms with Gasteiger partial charge in [0.05, 0.1) is 0 Å². The summed E-state index contributed by atoms with van der Waals surface area (Å²) in [5.41, 5.74) is 1.15. The van der Waals surface area contributed by atoms with Crippen LogP contribution in [0, 0.1) is 12.8 Å². The van der Waals surface area contributed by atoms with Crippen LogP contribution in [0.25, 0.3) is 0 Å². The first-order chi connectivity index (χ1) is 9.12. The van der Waals surface area contributed by atoms with E-state index in [-0.39, 0.29) is 0 Å². The zero-order valence-corrected chi connectivity index (χ0v) is 12.7. The van der Waals surface area contributed by atoms with Gasteiger partial charge in [-0.3, -0.25) is 0 Å². The molecule has 0 N–H and O–H groups in total. The van der Waals surface area contributed by atoms with Crippen molar-refractivity contribution in [3.63, 3.8) is 0 Å². The van der Waals surface area contributed by atoms with E-state index in [1.165, 1.54) is 13.0 Å². The average molecular weight is 262 g/mol. The van der Waals surface area contributed by atoms with E-state index in [9.17, 15) is 0 Å². The van der Waals surface area contributed by atoms with E-state index in [1.807, 2.05) is 6.92 Å².